The predicted octanol–water partition coefficient (Wildman–Crippen LogP) is -1.96. The smallest absolute Gasteiger partial charge is 0.398 e. The molecule has 1 saturated carbocycles. The second-order valence-electron chi connectivity index (χ2n) is 5.71. The van der Waals surface area contributed by atoms with E-state index < -0.39 is 51.6 Å². The number of hydrogen-bond donors (Lipinski definition) is 4. The number of nitrogens with zero attached hydrogens (tertiary/aromatic N) is 1. The van der Waals surface area contributed by atoms with Gasteiger partial charge in [-0.2, -0.15) is 13.0 Å². The standard InChI is InChI=1S/C14H19NO8S/c1-23-13(19)14(24(20,21)22,15-5-3-2-4-6-15)10-7-9(8-16)11(17)12(10)18/h2-6,9-12,16-18H,7-8H2,1H3/p+1. The zero-order valence-corrected chi connectivity index (χ0v) is 13.7. The minimum absolute atomic E-state index is 0.213. The Morgan fingerprint density at radius 3 is 2.25 bits per heavy atom. The Bertz CT molecular complexity index is 694. The summed E-state index contributed by atoms with van der Waals surface area (Å²) in [5.74, 6) is -3.59. The number of ether oxygens (including phenoxy) is 1. The quantitative estimate of drug-likeness (QED) is 0.268. The molecule has 24 heavy (non-hydrogen) atoms. The molecule has 1 aliphatic carbocycles. The van der Waals surface area contributed by atoms with Crippen LogP contribution in [0.25, 0.3) is 0 Å². The molecular weight excluding hydrogens is 342 g/mol. The van der Waals surface area contributed by atoms with Crippen LogP contribution in [0.15, 0.2) is 30.6 Å². The van der Waals surface area contributed by atoms with Gasteiger partial charge in [-0.25, -0.2) is 4.79 Å². The van der Waals surface area contributed by atoms with Crippen molar-refractivity contribution < 1.29 is 42.4 Å². The van der Waals surface area contributed by atoms with Gasteiger partial charge in [-0.1, -0.05) is 6.07 Å². The van der Waals surface area contributed by atoms with Crippen LogP contribution in [0.4, 0.5) is 0 Å². The monoisotopic (exact) mass is 362 g/mol. The van der Waals surface area contributed by atoms with Gasteiger partial charge in [0, 0.05) is 24.7 Å². The van der Waals surface area contributed by atoms with E-state index in [2.05, 4.69) is 4.74 Å². The minimum atomic E-state index is -5.13. The Balaban J connectivity index is 2.74. The molecule has 9 nitrogen and oxygen atoms in total. The fraction of sp³-hybridized carbons (Fsp3) is 0.571. The predicted molar refractivity (Wildman–Crippen MR) is 78.9 cm³/mol. The van der Waals surface area contributed by atoms with Crippen molar-refractivity contribution in [1.82, 2.24) is 0 Å². The largest absolute Gasteiger partial charge is 0.463 e. The van der Waals surface area contributed by atoms with Crippen molar-refractivity contribution in [3.63, 3.8) is 0 Å². The Morgan fingerprint density at radius 2 is 1.83 bits per heavy atom. The second kappa shape index (κ2) is 6.73. The molecule has 1 aromatic heterocycles. The summed E-state index contributed by atoms with van der Waals surface area (Å²) in [7, 11) is -4.18. The molecule has 10 heteroatoms. The van der Waals surface area contributed by atoms with E-state index in [9.17, 15) is 33.1 Å². The molecule has 5 atom stereocenters. The number of pyridine rings is 1. The molecule has 1 aliphatic rings. The lowest BCUT2D eigenvalue weighted by molar-refractivity contribution is -0.736. The summed E-state index contributed by atoms with van der Waals surface area (Å²) in [6, 6.07) is 4.44. The summed E-state index contributed by atoms with van der Waals surface area (Å²) in [4.78, 5) is 9.79. The van der Waals surface area contributed by atoms with E-state index in [4.69, 9.17) is 0 Å². The van der Waals surface area contributed by atoms with Crippen molar-refractivity contribution in [3.8, 4) is 0 Å². The Morgan fingerprint density at radius 1 is 1.25 bits per heavy atom. The summed E-state index contributed by atoms with van der Waals surface area (Å²) >= 11 is 0. The van der Waals surface area contributed by atoms with Gasteiger partial charge >= 0.3 is 21.0 Å². The fourth-order valence-electron chi connectivity index (χ4n) is 3.34. The maximum Gasteiger partial charge on any atom is 0.398 e. The van der Waals surface area contributed by atoms with Crippen LogP contribution in [0.2, 0.25) is 0 Å². The summed E-state index contributed by atoms with van der Waals surface area (Å²) in [6.45, 7) is -0.517. The maximum absolute atomic E-state index is 12.5. The van der Waals surface area contributed by atoms with Crippen LogP contribution < -0.4 is 4.57 Å². The van der Waals surface area contributed by atoms with E-state index in [-0.39, 0.29) is 6.42 Å². The van der Waals surface area contributed by atoms with Crippen LogP contribution in [0.5, 0.6) is 0 Å². The molecule has 2 rings (SSSR count). The van der Waals surface area contributed by atoms with Gasteiger partial charge in [0.2, 0.25) is 0 Å². The van der Waals surface area contributed by atoms with Crippen molar-refractivity contribution >= 4 is 16.1 Å². The molecule has 0 aromatic carbocycles. The third kappa shape index (κ3) is 2.70. The van der Waals surface area contributed by atoms with E-state index in [0.717, 1.165) is 11.7 Å². The highest BCUT2D eigenvalue weighted by molar-refractivity contribution is 7.87. The zero-order valence-electron chi connectivity index (χ0n) is 12.9. The zero-order chi connectivity index (χ0) is 18.1. The first-order valence-electron chi connectivity index (χ1n) is 7.21. The van der Waals surface area contributed by atoms with Crippen LogP contribution in [0.1, 0.15) is 6.42 Å². The van der Waals surface area contributed by atoms with Crippen LogP contribution in [-0.4, -0.2) is 60.2 Å². The molecule has 4 N–H and O–H groups in total. The molecule has 0 spiro atoms. The average Bonchev–Trinajstić information content (AvgIpc) is 2.83. The highest BCUT2D eigenvalue weighted by atomic mass is 32.2. The molecule has 0 amide bonds. The molecule has 0 radical (unpaired) electrons. The van der Waals surface area contributed by atoms with Gasteiger partial charge < -0.3 is 20.1 Å². The van der Waals surface area contributed by atoms with Gasteiger partial charge in [0.15, 0.2) is 12.4 Å². The number of aliphatic hydroxyl groups excluding tert-OH is 3. The summed E-state index contributed by atoms with van der Waals surface area (Å²) in [6.07, 6.45) is -0.868. The number of esters is 1. The lowest BCUT2D eigenvalue weighted by Gasteiger charge is -2.30. The maximum atomic E-state index is 12.5. The van der Waals surface area contributed by atoms with E-state index >= 15 is 0 Å². The Kier molecular flexibility index (Phi) is 5.25. The van der Waals surface area contributed by atoms with Crippen molar-refractivity contribution in [2.45, 2.75) is 23.5 Å². The van der Waals surface area contributed by atoms with Gasteiger partial charge in [-0.05, 0) is 6.42 Å². The molecular formula is C14H20NO8S+. The van der Waals surface area contributed by atoms with Gasteiger partial charge in [-0.15, -0.1) is 0 Å². The van der Waals surface area contributed by atoms with Crippen LogP contribution >= 0.6 is 0 Å². The lowest BCUT2D eigenvalue weighted by atomic mass is 9.93. The van der Waals surface area contributed by atoms with E-state index in [1.165, 1.54) is 24.5 Å². The van der Waals surface area contributed by atoms with Gasteiger partial charge in [0.05, 0.1) is 25.2 Å². The topological polar surface area (TPSA) is 145 Å². The average molecular weight is 362 g/mol. The van der Waals surface area contributed by atoms with E-state index in [1.54, 1.807) is 6.07 Å². The molecule has 1 fully saturated rings. The van der Waals surface area contributed by atoms with E-state index in [1.807, 2.05) is 0 Å². The fourth-order valence-corrected chi connectivity index (χ4v) is 4.64. The SMILES string of the molecule is COC(=O)C(C1CC(CO)C(O)C1O)([n+]1ccccc1)S(=O)(=O)O. The third-order valence-electron chi connectivity index (χ3n) is 4.51. The lowest BCUT2D eigenvalue weighted by Crippen LogP contribution is -2.70. The number of hydrogen-bond acceptors (Lipinski definition) is 7. The number of carbonyl (C=O) groups excluding carboxylic acids is 1. The number of methoxy groups -OCH3 is 1. The Labute approximate surface area is 138 Å². The number of aromatic nitrogens is 1. The molecule has 134 valence electrons. The number of aliphatic hydroxyl groups is 3. The molecule has 1 heterocycles. The molecule has 5 unspecified atom stereocenters. The highest BCUT2D eigenvalue weighted by Gasteiger charge is 2.71. The first kappa shape index (κ1) is 18.7. The van der Waals surface area contributed by atoms with E-state index in [0.29, 0.717) is 0 Å². The van der Waals surface area contributed by atoms with Crippen molar-refractivity contribution in [3.05, 3.63) is 30.6 Å². The van der Waals surface area contributed by atoms with Crippen LogP contribution in [0, 0.1) is 11.8 Å². The summed E-state index contributed by atoms with van der Waals surface area (Å²) in [5.41, 5.74) is 0. The van der Waals surface area contributed by atoms with Gasteiger partial charge in [0.25, 0.3) is 0 Å². The third-order valence-corrected chi connectivity index (χ3v) is 5.98. The van der Waals surface area contributed by atoms with Crippen molar-refractivity contribution in [1.29, 1.82) is 0 Å². The van der Waals surface area contributed by atoms with Crippen molar-refractivity contribution in [2.75, 3.05) is 13.7 Å². The highest BCUT2D eigenvalue weighted by Crippen LogP contribution is 2.43. The minimum Gasteiger partial charge on any atom is -0.463 e. The van der Waals surface area contributed by atoms with Crippen LogP contribution in [-0.2, 0) is 24.5 Å². The summed E-state index contributed by atoms with van der Waals surface area (Å²) in [5, 5.41) is 29.6. The van der Waals surface area contributed by atoms with Crippen LogP contribution in [0.3, 0.4) is 0 Å². The molecule has 0 saturated heterocycles. The molecule has 0 aliphatic heterocycles. The normalized spacial score (nSPS) is 29.9. The summed E-state index contributed by atoms with van der Waals surface area (Å²) < 4.78 is 40.0. The number of rotatable bonds is 5. The van der Waals surface area contributed by atoms with Gasteiger partial charge in [-0.3, -0.25) is 4.55 Å². The molecule has 0 bridgehead atoms. The first-order valence-corrected chi connectivity index (χ1v) is 8.65. The van der Waals surface area contributed by atoms with Gasteiger partial charge in [0.1, 0.15) is 0 Å². The van der Waals surface area contributed by atoms with Crippen molar-refractivity contribution in [2.24, 2.45) is 11.8 Å². The second-order valence-corrected chi connectivity index (χ2v) is 7.28. The first-order chi connectivity index (χ1) is 11.2. The number of carbonyl (C=O) groups is 1. The molecule has 1 aromatic rings. The Hall–Kier alpha value is -1.59.